The largest absolute Gasteiger partial charge is 0.324 e. The molecule has 2 aromatic carbocycles. The Morgan fingerprint density at radius 2 is 1.59 bits per heavy atom. The van der Waals surface area contributed by atoms with Gasteiger partial charge >= 0.3 is 0 Å². The van der Waals surface area contributed by atoms with Crippen LogP contribution < -0.4 is 10.2 Å². The molecule has 4 aromatic heterocycles. The van der Waals surface area contributed by atoms with Crippen molar-refractivity contribution in [3.63, 3.8) is 0 Å². The summed E-state index contributed by atoms with van der Waals surface area (Å²) >= 11 is 3.56. The predicted octanol–water partition coefficient (Wildman–Crippen LogP) is 8.84. The summed E-state index contributed by atoms with van der Waals surface area (Å²) in [5.41, 5.74) is 3.41. The topological polar surface area (TPSA) is 75.2 Å². The molecule has 44 heavy (non-hydrogen) atoms. The number of hydrogen-bond donors (Lipinski definition) is 1. The van der Waals surface area contributed by atoms with Crippen molar-refractivity contribution < 1.29 is 9.59 Å². The van der Waals surface area contributed by atoms with Crippen LogP contribution in [-0.4, -0.2) is 27.8 Å². The third-order valence-corrected chi connectivity index (χ3v) is 8.86. The summed E-state index contributed by atoms with van der Waals surface area (Å²) in [5, 5.41) is 9.09. The third-order valence-electron chi connectivity index (χ3n) is 7.12. The summed E-state index contributed by atoms with van der Waals surface area (Å²) in [6.45, 7) is 5.63. The van der Waals surface area contributed by atoms with E-state index in [0.717, 1.165) is 46.0 Å². The summed E-state index contributed by atoms with van der Waals surface area (Å²) in [4.78, 5) is 37.0. The Morgan fingerprint density at radius 1 is 0.909 bits per heavy atom. The molecule has 1 unspecified atom stereocenters. The highest BCUT2D eigenvalue weighted by Crippen LogP contribution is 2.35. The fourth-order valence-corrected chi connectivity index (χ4v) is 6.24. The molecule has 1 saturated heterocycles. The quantitative estimate of drug-likeness (QED) is 0.143. The van der Waals surface area contributed by atoms with Crippen molar-refractivity contribution in [3.8, 4) is 0 Å². The van der Waals surface area contributed by atoms with E-state index < -0.39 is 0 Å². The molecule has 0 radical (unpaired) electrons. The molecule has 1 fully saturated rings. The normalized spacial score (nSPS) is 13.7. The first kappa shape index (κ1) is 30.8. The van der Waals surface area contributed by atoms with Gasteiger partial charge in [-0.3, -0.25) is 19.6 Å². The summed E-state index contributed by atoms with van der Waals surface area (Å²) in [6.07, 6.45) is 8.08. The van der Waals surface area contributed by atoms with Crippen molar-refractivity contribution in [1.82, 2.24) is 9.97 Å². The maximum atomic E-state index is 12.1. The van der Waals surface area contributed by atoms with Gasteiger partial charge in [0.15, 0.2) is 0 Å². The molecule has 0 aliphatic carbocycles. The third kappa shape index (κ3) is 7.83. The molecule has 7 rings (SSSR count). The number of rotatable bonds is 7. The molecule has 8 heteroatoms. The van der Waals surface area contributed by atoms with Crippen LogP contribution in [0.5, 0.6) is 0 Å². The minimum absolute atomic E-state index is 0.0758. The highest BCUT2D eigenvalue weighted by Gasteiger charge is 2.37. The molecule has 0 saturated carbocycles. The number of para-hydroxylation sites is 2. The number of nitrogens with one attached hydrogen (secondary N) is 1. The average molecular weight is 619 g/mol. The first-order chi connectivity index (χ1) is 21.5. The zero-order valence-electron chi connectivity index (χ0n) is 24.6. The number of anilines is 2. The summed E-state index contributed by atoms with van der Waals surface area (Å²) < 4.78 is 0. The maximum absolute atomic E-state index is 12.1. The van der Waals surface area contributed by atoms with E-state index in [4.69, 9.17) is 0 Å². The lowest BCUT2D eigenvalue weighted by molar-refractivity contribution is -0.124. The number of aryl methyl sites for hydroxylation is 2. The molecular formula is C36H34N4O2S2. The number of benzene rings is 2. The monoisotopic (exact) mass is 618 g/mol. The summed E-state index contributed by atoms with van der Waals surface area (Å²) in [7, 11) is 0. The lowest BCUT2D eigenvalue weighted by atomic mass is 9.95. The zero-order chi connectivity index (χ0) is 30.7. The van der Waals surface area contributed by atoms with Gasteiger partial charge in [-0.25, -0.2) is 0 Å². The fraction of sp³-hybridized carbons (Fsp3) is 0.167. The molecule has 1 aliphatic heterocycles. The molecule has 2 amide bonds. The van der Waals surface area contributed by atoms with Gasteiger partial charge in [0, 0.05) is 51.8 Å². The molecule has 6 nitrogen and oxygen atoms in total. The molecule has 222 valence electrons. The lowest BCUT2D eigenvalue weighted by Gasteiger charge is -2.40. The number of hydrogen-bond acceptors (Lipinski definition) is 6. The molecule has 1 atom stereocenters. The van der Waals surface area contributed by atoms with Crippen LogP contribution in [0, 0.1) is 6.92 Å². The van der Waals surface area contributed by atoms with Gasteiger partial charge < -0.3 is 10.2 Å². The second-order valence-electron chi connectivity index (χ2n) is 10.2. The second-order valence-corrected chi connectivity index (χ2v) is 12.4. The summed E-state index contributed by atoms with van der Waals surface area (Å²) in [5.74, 6) is 0.127. The van der Waals surface area contributed by atoms with Gasteiger partial charge in [0.25, 0.3) is 0 Å². The average Bonchev–Trinajstić information content (AvgIpc) is 3.75. The Bertz CT molecular complexity index is 1820. The minimum atomic E-state index is -0.0758. The number of aromatic nitrogens is 2. The van der Waals surface area contributed by atoms with Gasteiger partial charge in [0.2, 0.25) is 11.8 Å². The van der Waals surface area contributed by atoms with Gasteiger partial charge in [-0.1, -0.05) is 54.6 Å². The van der Waals surface area contributed by atoms with Crippen molar-refractivity contribution in [3.05, 3.63) is 130 Å². The number of carbonyl (C=O) groups is 2. The molecule has 1 N–H and O–H groups in total. The van der Waals surface area contributed by atoms with E-state index in [2.05, 4.69) is 63.8 Å². The second kappa shape index (κ2) is 15.2. The highest BCUT2D eigenvalue weighted by atomic mass is 32.1. The molecular weight excluding hydrogens is 585 g/mol. The molecule has 0 spiro atoms. The van der Waals surface area contributed by atoms with Crippen LogP contribution >= 0.6 is 22.7 Å². The number of nitrogens with zero attached hydrogens (tertiary/aromatic N) is 3. The van der Waals surface area contributed by atoms with Crippen LogP contribution in [0.2, 0.25) is 0 Å². The van der Waals surface area contributed by atoms with Gasteiger partial charge in [0.1, 0.15) is 0 Å². The highest BCUT2D eigenvalue weighted by molar-refractivity contribution is 7.10. The number of amides is 2. The van der Waals surface area contributed by atoms with Crippen molar-refractivity contribution >= 4 is 67.7 Å². The van der Waals surface area contributed by atoms with Crippen molar-refractivity contribution in [1.29, 1.82) is 0 Å². The van der Waals surface area contributed by atoms with Crippen molar-refractivity contribution in [2.24, 2.45) is 0 Å². The maximum Gasteiger partial charge on any atom is 0.229 e. The van der Waals surface area contributed by atoms with E-state index in [1.54, 1.807) is 41.1 Å². The van der Waals surface area contributed by atoms with Gasteiger partial charge in [-0.2, -0.15) is 0 Å². The van der Waals surface area contributed by atoms with Crippen LogP contribution in [0.1, 0.15) is 29.0 Å². The standard InChI is InChI=1S/C18H16N2OS.C13H12N2O.C5H6S/c21-17-12-14(8-9-15-6-3-11-22-15)20(17)16-7-1-4-13-5-2-10-19-18(13)16;1-2-5-12(16)15-11-8-3-6-10-7-4-9-14-13(10)11;1-5-3-2-4-6-5/h1-7,10-11,14H,8-9,12H2;2-4,6-9H,1,5H2,(H,15,16);2-4H,1H3. The lowest BCUT2D eigenvalue weighted by Crippen LogP contribution is -2.53. The predicted molar refractivity (Wildman–Crippen MR) is 185 cm³/mol. The van der Waals surface area contributed by atoms with E-state index in [9.17, 15) is 9.59 Å². The number of carbonyl (C=O) groups excluding carboxylic acids is 2. The number of fused-ring (bicyclic) bond motifs is 2. The van der Waals surface area contributed by atoms with Crippen LogP contribution in [0.15, 0.2) is 121 Å². The fourth-order valence-electron chi connectivity index (χ4n) is 4.99. The van der Waals surface area contributed by atoms with Crippen LogP contribution in [0.25, 0.3) is 21.8 Å². The number of thiophene rings is 2. The van der Waals surface area contributed by atoms with E-state index in [-0.39, 0.29) is 11.8 Å². The van der Waals surface area contributed by atoms with Crippen LogP contribution in [0.4, 0.5) is 11.4 Å². The Morgan fingerprint density at radius 3 is 2.23 bits per heavy atom. The van der Waals surface area contributed by atoms with Gasteiger partial charge in [-0.15, -0.1) is 29.3 Å². The summed E-state index contributed by atoms with van der Waals surface area (Å²) in [6, 6.07) is 28.2. The van der Waals surface area contributed by atoms with Crippen LogP contribution in [0.3, 0.4) is 0 Å². The molecule has 5 heterocycles. The van der Waals surface area contributed by atoms with Crippen LogP contribution in [-0.2, 0) is 16.0 Å². The first-order valence-electron chi connectivity index (χ1n) is 14.5. The smallest absolute Gasteiger partial charge is 0.229 e. The Kier molecular flexibility index (Phi) is 10.6. The molecule has 6 aromatic rings. The van der Waals surface area contributed by atoms with Crippen molar-refractivity contribution in [2.45, 2.75) is 38.6 Å². The SMILES string of the molecule is C=CCC(=O)Nc1cccc2cccnc12.Cc1cccs1.O=C1CC(CCc2cccs2)N1c1cccc2cccnc12. The molecule has 1 aliphatic rings. The van der Waals surface area contributed by atoms with Gasteiger partial charge in [-0.05, 0) is 66.9 Å². The Balaban J connectivity index is 0.000000152. The molecule has 0 bridgehead atoms. The van der Waals surface area contributed by atoms with E-state index in [1.807, 2.05) is 65.6 Å². The van der Waals surface area contributed by atoms with Crippen molar-refractivity contribution in [2.75, 3.05) is 10.2 Å². The zero-order valence-corrected chi connectivity index (χ0v) is 26.2. The number of β-lactam (4-membered cyclic amide) rings is 1. The van der Waals surface area contributed by atoms with E-state index in [0.29, 0.717) is 18.9 Å². The van der Waals surface area contributed by atoms with Gasteiger partial charge in [0.05, 0.1) is 22.4 Å². The number of pyridine rings is 2. The Labute approximate surface area is 265 Å². The first-order valence-corrected chi connectivity index (χ1v) is 16.2. The van der Waals surface area contributed by atoms with E-state index in [1.165, 1.54) is 9.75 Å². The Hall–Kier alpha value is -4.66. The minimum Gasteiger partial charge on any atom is -0.324 e. The van der Waals surface area contributed by atoms with E-state index >= 15 is 0 Å².